The van der Waals surface area contributed by atoms with Gasteiger partial charge in [-0.1, -0.05) is 41.5 Å². The minimum atomic E-state index is -0.764. The molecule has 3 aromatic carbocycles. The van der Waals surface area contributed by atoms with Crippen molar-refractivity contribution >= 4 is 51.2 Å². The molecule has 0 amide bonds. The van der Waals surface area contributed by atoms with Gasteiger partial charge in [-0.3, -0.25) is 20.2 Å². The SMILES string of the molecule is O=[N+]([O-])c1cccc(N2N=C(c3ccccc3)[NH2+]N2c2ccccc2I)c1[N+](=O)[O-].[Cl-]. The van der Waals surface area contributed by atoms with Gasteiger partial charge in [-0.25, -0.2) is 0 Å². The summed E-state index contributed by atoms with van der Waals surface area (Å²) in [6, 6.07) is 20.8. The molecule has 0 spiro atoms. The molecule has 158 valence electrons. The molecule has 1 aliphatic rings. The number of halogens is 2. The van der Waals surface area contributed by atoms with Crippen molar-refractivity contribution in [1.29, 1.82) is 0 Å². The van der Waals surface area contributed by atoms with Crippen molar-refractivity contribution in [2.75, 3.05) is 10.2 Å². The highest BCUT2D eigenvalue weighted by atomic mass is 127. The predicted molar refractivity (Wildman–Crippen MR) is 119 cm³/mol. The van der Waals surface area contributed by atoms with Gasteiger partial charge in [0.05, 0.1) is 15.4 Å². The number of hydrogen-bond acceptors (Lipinski definition) is 7. The zero-order valence-electron chi connectivity index (χ0n) is 15.6. The predicted octanol–water partition coefficient (Wildman–Crippen LogP) is 0.193. The van der Waals surface area contributed by atoms with Crippen molar-refractivity contribution in [3.63, 3.8) is 0 Å². The Kier molecular flexibility index (Phi) is 6.68. The molecule has 0 atom stereocenters. The molecule has 0 unspecified atom stereocenters. The second kappa shape index (κ2) is 9.24. The lowest BCUT2D eigenvalue weighted by atomic mass is 10.2. The number of nitro benzene ring substituents is 2. The third kappa shape index (κ3) is 4.28. The van der Waals surface area contributed by atoms with Crippen LogP contribution < -0.4 is 28.1 Å². The third-order valence-corrected chi connectivity index (χ3v) is 5.32. The van der Waals surface area contributed by atoms with Gasteiger partial charge in [0, 0.05) is 9.64 Å². The summed E-state index contributed by atoms with van der Waals surface area (Å²) in [7, 11) is 0. The fourth-order valence-electron chi connectivity index (χ4n) is 3.08. The molecule has 31 heavy (non-hydrogen) atoms. The first-order valence-corrected chi connectivity index (χ1v) is 9.79. The van der Waals surface area contributed by atoms with Crippen LogP contribution in [0.4, 0.5) is 22.7 Å². The highest BCUT2D eigenvalue weighted by Gasteiger charge is 2.39. The maximum atomic E-state index is 11.8. The largest absolute Gasteiger partial charge is 1.00 e. The van der Waals surface area contributed by atoms with E-state index in [4.69, 9.17) is 0 Å². The highest BCUT2D eigenvalue weighted by molar-refractivity contribution is 14.1. The summed E-state index contributed by atoms with van der Waals surface area (Å²) in [5.41, 5.74) is 2.07. The Labute approximate surface area is 196 Å². The second-order valence-electron chi connectivity index (χ2n) is 6.22. The minimum absolute atomic E-state index is 0. The van der Waals surface area contributed by atoms with E-state index in [1.165, 1.54) is 17.3 Å². The lowest BCUT2D eigenvalue weighted by Crippen LogP contribution is -3.00. The lowest BCUT2D eigenvalue weighted by Gasteiger charge is -2.24. The van der Waals surface area contributed by atoms with Gasteiger partial charge >= 0.3 is 11.4 Å². The van der Waals surface area contributed by atoms with Crippen LogP contribution in [0.15, 0.2) is 77.9 Å². The molecule has 0 bridgehead atoms. The molecule has 10 nitrogen and oxygen atoms in total. The highest BCUT2D eigenvalue weighted by Crippen LogP contribution is 2.39. The normalized spacial score (nSPS) is 12.9. The first-order valence-electron chi connectivity index (χ1n) is 8.72. The number of anilines is 2. The number of nitro groups is 2. The molecule has 1 heterocycles. The zero-order chi connectivity index (χ0) is 21.3. The van der Waals surface area contributed by atoms with Crippen LogP contribution in [0.5, 0.6) is 0 Å². The number of amidine groups is 1. The second-order valence-corrected chi connectivity index (χ2v) is 7.39. The van der Waals surface area contributed by atoms with Crippen LogP contribution in [-0.4, -0.2) is 15.7 Å². The van der Waals surface area contributed by atoms with E-state index in [9.17, 15) is 20.2 Å². The fraction of sp³-hybridized carbons (Fsp3) is 0. The van der Waals surface area contributed by atoms with E-state index in [2.05, 4.69) is 27.7 Å². The average Bonchev–Trinajstić information content (AvgIpc) is 3.19. The van der Waals surface area contributed by atoms with E-state index in [1.807, 2.05) is 54.6 Å². The first-order chi connectivity index (χ1) is 14.5. The van der Waals surface area contributed by atoms with Gasteiger partial charge in [0.15, 0.2) is 5.69 Å². The smallest absolute Gasteiger partial charge is 0.373 e. The summed E-state index contributed by atoms with van der Waals surface area (Å²) in [4.78, 5) is 21.7. The Hall–Kier alpha value is -3.29. The van der Waals surface area contributed by atoms with Crippen molar-refractivity contribution < 1.29 is 27.7 Å². The van der Waals surface area contributed by atoms with Gasteiger partial charge in [0.25, 0.3) is 5.84 Å². The number of benzene rings is 3. The molecule has 12 heteroatoms. The molecule has 0 saturated heterocycles. The molecule has 4 rings (SSSR count). The van der Waals surface area contributed by atoms with Crippen LogP contribution in [0.3, 0.4) is 0 Å². The quantitative estimate of drug-likeness (QED) is 0.209. The maximum absolute atomic E-state index is 11.8. The number of hydrazine groups is 1. The van der Waals surface area contributed by atoms with Gasteiger partial charge in [0.1, 0.15) is 5.69 Å². The van der Waals surface area contributed by atoms with Crippen LogP contribution in [0.25, 0.3) is 0 Å². The van der Waals surface area contributed by atoms with Gasteiger partial charge in [-0.2, -0.15) is 5.43 Å². The van der Waals surface area contributed by atoms with Crippen LogP contribution >= 0.6 is 22.6 Å². The number of para-hydroxylation sites is 2. The van der Waals surface area contributed by atoms with Crippen LogP contribution in [0.2, 0.25) is 0 Å². The van der Waals surface area contributed by atoms with Crippen molar-refractivity contribution in [2.24, 2.45) is 5.10 Å². The Morgan fingerprint density at radius 2 is 1.48 bits per heavy atom. The molecule has 1 aliphatic heterocycles. The van der Waals surface area contributed by atoms with Crippen molar-refractivity contribution in [3.05, 3.63) is 102 Å². The molecule has 0 radical (unpaired) electrons. The summed E-state index contributed by atoms with van der Waals surface area (Å²) in [5.74, 6) is 0.566. The molecule has 0 aromatic heterocycles. The number of rotatable bonds is 5. The molecule has 0 aliphatic carbocycles. The summed E-state index contributed by atoms with van der Waals surface area (Å²) < 4.78 is 0.883. The molecule has 3 aromatic rings. The molecular weight excluding hydrogens is 539 g/mol. The standard InChI is InChI=1S/C19H13IN6O4.ClH/c20-14-9-4-5-10-15(14)23-21-19(13-7-2-1-3-8-13)22-24(23)16-11-6-12-17(25(27)28)18(16)26(29)30;/h1-12H,(H,21,22);1H. The van der Waals surface area contributed by atoms with Crippen molar-refractivity contribution in [2.45, 2.75) is 0 Å². The number of nitrogens with two attached hydrogens (primary N) is 1. The van der Waals surface area contributed by atoms with Crippen LogP contribution in [0, 0.1) is 23.8 Å². The Balaban J connectivity index is 0.00000272. The van der Waals surface area contributed by atoms with Crippen molar-refractivity contribution in [1.82, 2.24) is 0 Å². The van der Waals surface area contributed by atoms with E-state index in [1.54, 1.807) is 10.5 Å². The van der Waals surface area contributed by atoms with Crippen molar-refractivity contribution in [3.8, 4) is 0 Å². The van der Waals surface area contributed by atoms with E-state index in [0.717, 1.165) is 20.9 Å². The van der Waals surface area contributed by atoms with E-state index >= 15 is 0 Å². The molecular formula is C19H14ClIN6O4. The summed E-state index contributed by atoms with van der Waals surface area (Å²) >= 11 is 2.16. The third-order valence-electron chi connectivity index (χ3n) is 4.41. The monoisotopic (exact) mass is 552 g/mol. The number of hydrazone groups is 1. The molecule has 0 saturated carbocycles. The topological polar surface area (TPSA) is 122 Å². The average molecular weight is 553 g/mol. The van der Waals surface area contributed by atoms with Crippen LogP contribution in [0.1, 0.15) is 5.56 Å². The molecule has 0 fully saturated rings. The van der Waals surface area contributed by atoms with Gasteiger partial charge in [-0.05, 0) is 52.9 Å². The maximum Gasteiger partial charge on any atom is 0.373 e. The summed E-state index contributed by atoms with van der Waals surface area (Å²) in [6.07, 6.45) is 0. The summed E-state index contributed by atoms with van der Waals surface area (Å²) in [5, 5.41) is 30.7. The summed E-state index contributed by atoms with van der Waals surface area (Å²) in [6.45, 7) is 0. The number of nitrogens with zero attached hydrogens (tertiary/aromatic N) is 5. The Morgan fingerprint density at radius 1 is 0.839 bits per heavy atom. The molecule has 2 N–H and O–H groups in total. The van der Waals surface area contributed by atoms with E-state index in [-0.39, 0.29) is 18.1 Å². The lowest BCUT2D eigenvalue weighted by molar-refractivity contribution is -0.545. The number of quaternary nitrogens is 1. The minimum Gasteiger partial charge on any atom is -1.00 e. The van der Waals surface area contributed by atoms with Gasteiger partial charge in [-0.15, -0.1) is 10.2 Å². The van der Waals surface area contributed by atoms with Gasteiger partial charge < -0.3 is 12.4 Å². The number of hydrogen-bond donors (Lipinski definition) is 1. The van der Waals surface area contributed by atoms with E-state index < -0.39 is 21.2 Å². The van der Waals surface area contributed by atoms with Gasteiger partial charge in [0.2, 0.25) is 0 Å². The van der Waals surface area contributed by atoms with E-state index in [0.29, 0.717) is 5.84 Å². The zero-order valence-corrected chi connectivity index (χ0v) is 18.5. The Morgan fingerprint density at radius 3 is 2.13 bits per heavy atom. The Bertz CT molecular complexity index is 1180. The van der Waals surface area contributed by atoms with Crippen LogP contribution in [-0.2, 0) is 0 Å². The fourth-order valence-corrected chi connectivity index (χ4v) is 3.72. The first kappa shape index (κ1) is 22.4.